The largest absolute Gasteiger partial charge is 0.394 e. The molecule has 4 atom stereocenters. The Morgan fingerprint density at radius 3 is 1.83 bits per heavy atom. The maximum absolute atomic E-state index is 10.7. The van der Waals surface area contributed by atoms with Crippen molar-refractivity contribution in [2.45, 2.75) is 128 Å². The van der Waals surface area contributed by atoms with Gasteiger partial charge in [0.1, 0.15) is 30.2 Å². The highest BCUT2D eigenvalue weighted by Gasteiger charge is 2.44. The van der Waals surface area contributed by atoms with E-state index in [2.05, 4.69) is 6.92 Å². The van der Waals surface area contributed by atoms with E-state index in [1.54, 1.807) is 14.0 Å². The molecule has 252 valence electrons. The molecule has 1 heterocycles. The molecule has 0 aromatic heterocycles. The SMILES string of the molecule is CCCCCCCCCCCCCCCC(C)=O.COCCOCC(OCCO)C1OCC(OCCO)C1OCCO. The lowest BCUT2D eigenvalue weighted by Gasteiger charge is -2.29. The van der Waals surface area contributed by atoms with E-state index in [1.165, 1.54) is 77.0 Å². The lowest BCUT2D eigenvalue weighted by molar-refractivity contribution is -0.136. The van der Waals surface area contributed by atoms with E-state index in [9.17, 15) is 4.79 Å². The smallest absolute Gasteiger partial charge is 0.129 e. The van der Waals surface area contributed by atoms with Gasteiger partial charge < -0.3 is 48.5 Å². The van der Waals surface area contributed by atoms with E-state index in [1.807, 2.05) is 0 Å². The molecule has 4 unspecified atom stereocenters. The zero-order valence-corrected chi connectivity index (χ0v) is 27.0. The fourth-order valence-electron chi connectivity index (χ4n) is 4.84. The van der Waals surface area contributed by atoms with Crippen LogP contribution in [0.1, 0.15) is 104 Å². The minimum Gasteiger partial charge on any atom is -0.394 e. The highest BCUT2D eigenvalue weighted by atomic mass is 16.6. The van der Waals surface area contributed by atoms with Gasteiger partial charge in [-0.15, -0.1) is 0 Å². The first-order valence-corrected chi connectivity index (χ1v) is 16.4. The van der Waals surface area contributed by atoms with Crippen LogP contribution in [-0.2, 0) is 33.2 Å². The quantitative estimate of drug-likeness (QED) is 0.106. The van der Waals surface area contributed by atoms with E-state index in [0.717, 1.165) is 12.8 Å². The van der Waals surface area contributed by atoms with Crippen molar-refractivity contribution in [3.05, 3.63) is 0 Å². The summed E-state index contributed by atoms with van der Waals surface area (Å²) in [6.45, 7) is 5.50. The molecule has 10 nitrogen and oxygen atoms in total. The molecule has 1 saturated heterocycles. The Balaban J connectivity index is 0.000000837. The summed E-state index contributed by atoms with van der Waals surface area (Å²) in [7, 11) is 1.59. The molecule has 0 aromatic rings. The molecular weight excluding hydrogens is 544 g/mol. The highest BCUT2D eigenvalue weighted by Crippen LogP contribution is 2.25. The average molecular weight is 609 g/mol. The summed E-state index contributed by atoms with van der Waals surface area (Å²) in [6, 6.07) is 0. The van der Waals surface area contributed by atoms with Gasteiger partial charge in [0.05, 0.1) is 66.1 Å². The summed E-state index contributed by atoms with van der Waals surface area (Å²) in [6.07, 6.45) is 16.9. The molecule has 1 aliphatic heterocycles. The van der Waals surface area contributed by atoms with Crippen LogP contribution in [0.3, 0.4) is 0 Å². The Morgan fingerprint density at radius 2 is 1.31 bits per heavy atom. The van der Waals surface area contributed by atoms with Crippen molar-refractivity contribution in [3.8, 4) is 0 Å². The normalized spacial score (nSPS) is 19.0. The van der Waals surface area contributed by atoms with Gasteiger partial charge in [0, 0.05) is 13.5 Å². The molecule has 42 heavy (non-hydrogen) atoms. The van der Waals surface area contributed by atoms with Crippen LogP contribution in [0.25, 0.3) is 0 Å². The van der Waals surface area contributed by atoms with Crippen LogP contribution < -0.4 is 0 Å². The van der Waals surface area contributed by atoms with E-state index >= 15 is 0 Å². The second kappa shape index (κ2) is 31.7. The Labute approximate surface area is 255 Å². The number of unbranched alkanes of at least 4 members (excludes halogenated alkanes) is 12. The summed E-state index contributed by atoms with van der Waals surface area (Å²) in [5.74, 6) is 0.345. The number of ketones is 1. The number of methoxy groups -OCH3 is 1. The minimum absolute atomic E-state index is 0.0988. The van der Waals surface area contributed by atoms with Crippen molar-refractivity contribution in [1.82, 2.24) is 0 Å². The monoisotopic (exact) mass is 608 g/mol. The van der Waals surface area contributed by atoms with Gasteiger partial charge in [-0.3, -0.25) is 0 Å². The van der Waals surface area contributed by atoms with E-state index in [-0.39, 0.29) is 59.0 Å². The van der Waals surface area contributed by atoms with E-state index < -0.39 is 18.3 Å². The lowest BCUT2D eigenvalue weighted by atomic mass is 10.0. The standard InChI is InChI=1S/C17H34O.C15H30O9/c1-3-4-5-6-7-8-9-10-11-12-13-14-15-16-17(2)18;1-19-8-9-20-10-12(21-5-2-16)15-14(23-7-4-18)13(11-24-15)22-6-3-17/h3-16H2,1-2H3;12-18H,2-11H2,1H3. The van der Waals surface area contributed by atoms with Crippen molar-refractivity contribution in [3.63, 3.8) is 0 Å². The van der Waals surface area contributed by atoms with Gasteiger partial charge in [-0.2, -0.15) is 0 Å². The molecule has 3 N–H and O–H groups in total. The number of ether oxygens (including phenoxy) is 6. The summed E-state index contributed by atoms with van der Waals surface area (Å²) in [5.41, 5.74) is 0. The zero-order chi connectivity index (χ0) is 31.1. The van der Waals surface area contributed by atoms with Gasteiger partial charge in [0.15, 0.2) is 0 Å². The van der Waals surface area contributed by atoms with Crippen LogP contribution >= 0.6 is 0 Å². The van der Waals surface area contributed by atoms with Gasteiger partial charge in [-0.25, -0.2) is 0 Å². The molecule has 1 fully saturated rings. The predicted octanol–water partition coefficient (Wildman–Crippen LogP) is 4.24. The van der Waals surface area contributed by atoms with Gasteiger partial charge in [-0.05, 0) is 13.3 Å². The number of carbonyl (C=O) groups excluding carboxylic acids is 1. The Morgan fingerprint density at radius 1 is 0.762 bits per heavy atom. The number of hydrogen-bond donors (Lipinski definition) is 3. The van der Waals surface area contributed by atoms with Crippen molar-refractivity contribution in [2.75, 3.05) is 73.2 Å². The molecule has 0 saturated carbocycles. The average Bonchev–Trinajstić information content (AvgIpc) is 3.39. The molecular formula is C32H64O10. The summed E-state index contributed by atoms with van der Waals surface area (Å²) < 4.78 is 33.0. The van der Waals surface area contributed by atoms with Crippen molar-refractivity contribution < 1.29 is 48.5 Å². The Kier molecular flexibility index (Phi) is 31.2. The van der Waals surface area contributed by atoms with Gasteiger partial charge in [0.25, 0.3) is 0 Å². The van der Waals surface area contributed by atoms with Crippen molar-refractivity contribution >= 4 is 5.78 Å². The number of carbonyl (C=O) groups is 1. The lowest BCUT2D eigenvalue weighted by Crippen LogP contribution is -2.45. The molecule has 0 aliphatic carbocycles. The first kappa shape index (κ1) is 41.3. The van der Waals surface area contributed by atoms with Gasteiger partial charge >= 0.3 is 0 Å². The van der Waals surface area contributed by atoms with Crippen molar-refractivity contribution in [1.29, 1.82) is 0 Å². The molecule has 0 amide bonds. The van der Waals surface area contributed by atoms with Crippen LogP contribution in [0, 0.1) is 0 Å². The van der Waals surface area contributed by atoms with Gasteiger partial charge in [-0.1, -0.05) is 84.0 Å². The van der Waals surface area contributed by atoms with Crippen LogP contribution in [0.4, 0.5) is 0 Å². The first-order valence-electron chi connectivity index (χ1n) is 16.4. The maximum Gasteiger partial charge on any atom is 0.129 e. The predicted molar refractivity (Wildman–Crippen MR) is 164 cm³/mol. The molecule has 1 rings (SSSR count). The third kappa shape index (κ3) is 23.7. The Hall–Kier alpha value is -0.690. The van der Waals surface area contributed by atoms with Crippen LogP contribution in [0.5, 0.6) is 0 Å². The number of aliphatic hydroxyl groups excluding tert-OH is 3. The van der Waals surface area contributed by atoms with Gasteiger partial charge in [0.2, 0.25) is 0 Å². The highest BCUT2D eigenvalue weighted by molar-refractivity contribution is 5.75. The zero-order valence-electron chi connectivity index (χ0n) is 27.0. The summed E-state index contributed by atoms with van der Waals surface area (Å²) in [4.78, 5) is 10.7. The van der Waals surface area contributed by atoms with Crippen LogP contribution in [0.2, 0.25) is 0 Å². The number of aliphatic hydroxyl groups is 3. The number of rotatable bonds is 29. The van der Waals surface area contributed by atoms with E-state index in [4.69, 9.17) is 43.7 Å². The molecule has 0 bridgehead atoms. The topological polar surface area (TPSA) is 133 Å². The molecule has 0 aromatic carbocycles. The van der Waals surface area contributed by atoms with Crippen LogP contribution in [-0.4, -0.2) is 119 Å². The molecule has 1 aliphatic rings. The molecule has 0 spiro atoms. The fraction of sp³-hybridized carbons (Fsp3) is 0.969. The Bertz CT molecular complexity index is 565. The number of hydrogen-bond acceptors (Lipinski definition) is 10. The fourth-order valence-corrected chi connectivity index (χ4v) is 4.84. The first-order chi connectivity index (χ1) is 20.5. The third-order valence-corrected chi connectivity index (χ3v) is 7.10. The maximum atomic E-state index is 10.7. The third-order valence-electron chi connectivity index (χ3n) is 7.10. The molecule has 0 radical (unpaired) electrons. The summed E-state index contributed by atoms with van der Waals surface area (Å²) in [5, 5.41) is 26.9. The number of Topliss-reactive ketones (excluding diaryl/α,β-unsaturated/α-hetero) is 1. The minimum atomic E-state index is -0.464. The second-order valence-electron chi connectivity index (χ2n) is 10.9. The second-order valence-corrected chi connectivity index (χ2v) is 10.9. The molecule has 10 heteroatoms. The summed E-state index contributed by atoms with van der Waals surface area (Å²) >= 11 is 0. The van der Waals surface area contributed by atoms with E-state index in [0.29, 0.717) is 19.0 Å². The van der Waals surface area contributed by atoms with Crippen LogP contribution in [0.15, 0.2) is 0 Å². The van der Waals surface area contributed by atoms with Crippen molar-refractivity contribution in [2.24, 2.45) is 0 Å².